The van der Waals surface area contributed by atoms with Gasteiger partial charge >= 0.3 is 0 Å². The second kappa shape index (κ2) is 5.39. The molecule has 1 saturated carbocycles. The van der Waals surface area contributed by atoms with Crippen LogP contribution in [0.15, 0.2) is 0 Å². The van der Waals surface area contributed by atoms with Crippen molar-refractivity contribution < 1.29 is 4.74 Å². The van der Waals surface area contributed by atoms with Gasteiger partial charge in [-0.05, 0) is 39.0 Å². The molecule has 18 heavy (non-hydrogen) atoms. The SMILES string of the molecule is Cc1nc([C@@H]2CCCCO2)n(C2CCCCC2)n1. The summed E-state index contributed by atoms with van der Waals surface area (Å²) in [6.45, 7) is 2.87. The summed E-state index contributed by atoms with van der Waals surface area (Å²) in [5, 5.41) is 4.64. The van der Waals surface area contributed by atoms with Gasteiger partial charge in [0.25, 0.3) is 0 Å². The molecule has 2 heterocycles. The van der Waals surface area contributed by atoms with E-state index in [1.54, 1.807) is 0 Å². The lowest BCUT2D eigenvalue weighted by Crippen LogP contribution is -2.22. The molecular formula is C14H23N3O. The maximum atomic E-state index is 5.89. The van der Waals surface area contributed by atoms with E-state index in [1.165, 1.54) is 44.9 Å². The molecule has 3 rings (SSSR count). The van der Waals surface area contributed by atoms with Crippen LogP contribution in [0, 0.1) is 6.92 Å². The highest BCUT2D eigenvalue weighted by atomic mass is 16.5. The fraction of sp³-hybridized carbons (Fsp3) is 0.857. The largest absolute Gasteiger partial charge is 0.370 e. The minimum Gasteiger partial charge on any atom is -0.370 e. The van der Waals surface area contributed by atoms with Gasteiger partial charge in [-0.3, -0.25) is 0 Å². The Labute approximate surface area is 109 Å². The van der Waals surface area contributed by atoms with Gasteiger partial charge < -0.3 is 4.74 Å². The number of hydrogen-bond acceptors (Lipinski definition) is 3. The minimum absolute atomic E-state index is 0.182. The first-order valence-electron chi connectivity index (χ1n) is 7.39. The zero-order chi connectivity index (χ0) is 12.4. The summed E-state index contributed by atoms with van der Waals surface area (Å²) in [7, 11) is 0. The average Bonchev–Trinajstić information content (AvgIpc) is 2.83. The van der Waals surface area contributed by atoms with Crippen molar-refractivity contribution in [2.75, 3.05) is 6.61 Å². The van der Waals surface area contributed by atoms with Gasteiger partial charge in [-0.15, -0.1) is 0 Å². The third-order valence-electron chi connectivity index (χ3n) is 4.15. The maximum absolute atomic E-state index is 5.89. The topological polar surface area (TPSA) is 39.9 Å². The van der Waals surface area contributed by atoms with Crippen LogP contribution in [0.4, 0.5) is 0 Å². The van der Waals surface area contributed by atoms with Crippen molar-refractivity contribution in [3.63, 3.8) is 0 Å². The summed E-state index contributed by atoms with van der Waals surface area (Å²) in [6, 6.07) is 0.556. The van der Waals surface area contributed by atoms with Crippen LogP contribution in [-0.2, 0) is 4.74 Å². The van der Waals surface area contributed by atoms with E-state index in [-0.39, 0.29) is 6.10 Å². The van der Waals surface area contributed by atoms with Gasteiger partial charge in [-0.1, -0.05) is 19.3 Å². The summed E-state index contributed by atoms with van der Waals surface area (Å²) < 4.78 is 8.07. The molecule has 0 aromatic carbocycles. The van der Waals surface area contributed by atoms with Crippen molar-refractivity contribution in [2.45, 2.75) is 70.4 Å². The second-order valence-electron chi connectivity index (χ2n) is 5.61. The van der Waals surface area contributed by atoms with E-state index in [0.29, 0.717) is 6.04 Å². The molecule has 100 valence electrons. The van der Waals surface area contributed by atoms with Crippen molar-refractivity contribution in [3.05, 3.63) is 11.6 Å². The van der Waals surface area contributed by atoms with Crippen LogP contribution in [0.25, 0.3) is 0 Å². The number of aryl methyl sites for hydroxylation is 1. The Morgan fingerprint density at radius 3 is 2.56 bits per heavy atom. The molecule has 1 aromatic rings. The highest BCUT2D eigenvalue weighted by Crippen LogP contribution is 2.33. The number of aromatic nitrogens is 3. The van der Waals surface area contributed by atoms with Crippen molar-refractivity contribution in [3.8, 4) is 0 Å². The molecule has 0 N–H and O–H groups in total. The first-order chi connectivity index (χ1) is 8.84. The third kappa shape index (κ3) is 2.44. The molecule has 0 amide bonds. The lowest BCUT2D eigenvalue weighted by atomic mass is 9.95. The van der Waals surface area contributed by atoms with Crippen LogP contribution >= 0.6 is 0 Å². The maximum Gasteiger partial charge on any atom is 0.156 e. The molecule has 1 aromatic heterocycles. The smallest absolute Gasteiger partial charge is 0.156 e. The van der Waals surface area contributed by atoms with E-state index in [1.807, 2.05) is 6.92 Å². The summed E-state index contributed by atoms with van der Waals surface area (Å²) in [5.74, 6) is 1.98. The second-order valence-corrected chi connectivity index (χ2v) is 5.61. The normalized spacial score (nSPS) is 26.4. The Kier molecular flexibility index (Phi) is 3.64. The zero-order valence-corrected chi connectivity index (χ0v) is 11.3. The van der Waals surface area contributed by atoms with Gasteiger partial charge in [-0.2, -0.15) is 5.10 Å². The summed E-state index contributed by atoms with van der Waals surface area (Å²) >= 11 is 0. The van der Waals surface area contributed by atoms with Crippen molar-refractivity contribution in [1.82, 2.24) is 14.8 Å². The molecule has 0 unspecified atom stereocenters. The molecule has 4 heteroatoms. The zero-order valence-electron chi connectivity index (χ0n) is 11.3. The van der Waals surface area contributed by atoms with Gasteiger partial charge in [-0.25, -0.2) is 9.67 Å². The monoisotopic (exact) mass is 249 g/mol. The fourth-order valence-corrected chi connectivity index (χ4v) is 3.20. The van der Waals surface area contributed by atoms with E-state index >= 15 is 0 Å². The van der Waals surface area contributed by atoms with Crippen molar-refractivity contribution in [1.29, 1.82) is 0 Å². The predicted molar refractivity (Wildman–Crippen MR) is 69.4 cm³/mol. The first kappa shape index (κ1) is 12.2. The van der Waals surface area contributed by atoms with Gasteiger partial charge in [0.2, 0.25) is 0 Å². The highest BCUT2D eigenvalue weighted by Gasteiger charge is 2.26. The molecule has 0 radical (unpaired) electrons. The molecular weight excluding hydrogens is 226 g/mol. The summed E-state index contributed by atoms with van der Waals surface area (Å²) in [5.41, 5.74) is 0. The number of hydrogen-bond donors (Lipinski definition) is 0. The minimum atomic E-state index is 0.182. The van der Waals surface area contributed by atoms with Gasteiger partial charge in [0.15, 0.2) is 5.82 Å². The molecule has 1 aliphatic heterocycles. The predicted octanol–water partition coefficient (Wildman–Crippen LogP) is 3.33. The lowest BCUT2D eigenvalue weighted by molar-refractivity contribution is 0.00513. The van der Waals surface area contributed by atoms with Gasteiger partial charge in [0.1, 0.15) is 11.9 Å². The van der Waals surface area contributed by atoms with E-state index in [0.717, 1.165) is 24.7 Å². The molecule has 4 nitrogen and oxygen atoms in total. The Morgan fingerprint density at radius 1 is 1.06 bits per heavy atom. The fourth-order valence-electron chi connectivity index (χ4n) is 3.20. The number of nitrogens with zero attached hydrogens (tertiary/aromatic N) is 3. The van der Waals surface area contributed by atoms with Gasteiger partial charge in [0.05, 0.1) is 6.04 Å². The molecule has 1 saturated heterocycles. The molecule has 0 bridgehead atoms. The van der Waals surface area contributed by atoms with Crippen LogP contribution in [0.3, 0.4) is 0 Å². The van der Waals surface area contributed by atoms with Crippen LogP contribution in [-0.4, -0.2) is 21.4 Å². The Bertz CT molecular complexity index is 354. The van der Waals surface area contributed by atoms with Crippen LogP contribution in [0.1, 0.15) is 75.2 Å². The van der Waals surface area contributed by atoms with E-state index in [2.05, 4.69) is 14.8 Å². The lowest BCUT2D eigenvalue weighted by Gasteiger charge is -2.27. The van der Waals surface area contributed by atoms with Crippen molar-refractivity contribution >= 4 is 0 Å². The summed E-state index contributed by atoms with van der Waals surface area (Å²) in [6.07, 6.45) is 10.3. The highest BCUT2D eigenvalue weighted by molar-refractivity contribution is 4.99. The molecule has 2 aliphatic rings. The van der Waals surface area contributed by atoms with Crippen molar-refractivity contribution in [2.24, 2.45) is 0 Å². The third-order valence-corrected chi connectivity index (χ3v) is 4.15. The average molecular weight is 249 g/mol. The van der Waals surface area contributed by atoms with Crippen LogP contribution in [0.2, 0.25) is 0 Å². The standard InChI is InChI=1S/C14H23N3O/c1-11-15-14(13-9-5-6-10-18-13)17(16-11)12-7-3-2-4-8-12/h12-13H,2-10H2,1H3/t13-/m0/s1. The van der Waals surface area contributed by atoms with Crippen LogP contribution in [0.5, 0.6) is 0 Å². The Morgan fingerprint density at radius 2 is 1.83 bits per heavy atom. The molecule has 0 spiro atoms. The van der Waals surface area contributed by atoms with E-state index in [4.69, 9.17) is 4.74 Å². The van der Waals surface area contributed by atoms with E-state index < -0.39 is 0 Å². The Hall–Kier alpha value is -0.900. The van der Waals surface area contributed by atoms with Gasteiger partial charge in [0, 0.05) is 6.61 Å². The molecule has 2 fully saturated rings. The van der Waals surface area contributed by atoms with Crippen LogP contribution < -0.4 is 0 Å². The number of rotatable bonds is 2. The quantitative estimate of drug-likeness (QED) is 0.807. The Balaban J connectivity index is 1.83. The van der Waals surface area contributed by atoms with E-state index in [9.17, 15) is 0 Å². The molecule has 1 aliphatic carbocycles. The summed E-state index contributed by atoms with van der Waals surface area (Å²) in [4.78, 5) is 4.64. The first-order valence-corrected chi connectivity index (χ1v) is 7.39. The molecule has 1 atom stereocenters. The number of ether oxygens (including phenoxy) is 1.